The molecule has 2 aromatic rings. The number of ether oxygens (including phenoxy) is 1. The van der Waals surface area contributed by atoms with Crippen LogP contribution in [0.4, 0.5) is 4.39 Å². The zero-order valence-electron chi connectivity index (χ0n) is 15.3. The number of rotatable bonds is 4. The summed E-state index contributed by atoms with van der Waals surface area (Å²) in [7, 11) is 0. The van der Waals surface area contributed by atoms with Crippen LogP contribution in [0, 0.1) is 11.2 Å². The van der Waals surface area contributed by atoms with E-state index in [0.717, 1.165) is 5.56 Å². The highest BCUT2D eigenvalue weighted by molar-refractivity contribution is 5.95. The predicted octanol–water partition coefficient (Wildman–Crippen LogP) is 3.64. The molecule has 1 aliphatic rings. The number of amides is 1. The van der Waals surface area contributed by atoms with Crippen LogP contribution < -0.4 is 4.74 Å². The molecule has 1 N–H and O–H groups in total. The Balaban J connectivity index is 1.70. The smallest absolute Gasteiger partial charge is 0.254 e. The highest BCUT2D eigenvalue weighted by Crippen LogP contribution is 2.39. The third kappa shape index (κ3) is 3.73. The van der Waals surface area contributed by atoms with Crippen molar-refractivity contribution in [3.05, 3.63) is 65.5 Å². The number of nitrogens with zero attached hydrogens (tertiary/aromatic N) is 1. The van der Waals surface area contributed by atoms with Crippen LogP contribution in [0.3, 0.4) is 0 Å². The summed E-state index contributed by atoms with van der Waals surface area (Å²) in [5, 5.41) is 10.5. The fourth-order valence-electron chi connectivity index (χ4n) is 3.13. The third-order valence-electron chi connectivity index (χ3n) is 5.21. The highest BCUT2D eigenvalue weighted by Gasteiger charge is 2.49. The van der Waals surface area contributed by atoms with E-state index in [1.165, 1.54) is 12.1 Å². The van der Waals surface area contributed by atoms with Crippen LogP contribution in [-0.4, -0.2) is 34.6 Å². The maximum Gasteiger partial charge on any atom is 0.254 e. The van der Waals surface area contributed by atoms with Gasteiger partial charge in [0.2, 0.25) is 0 Å². The molecule has 1 atom stereocenters. The molecule has 1 fully saturated rings. The van der Waals surface area contributed by atoms with Gasteiger partial charge in [-0.15, -0.1) is 0 Å². The molecular weight excluding hydrogens is 333 g/mol. The minimum atomic E-state index is -0.922. The van der Waals surface area contributed by atoms with E-state index in [-0.39, 0.29) is 23.7 Å². The van der Waals surface area contributed by atoms with Gasteiger partial charge in [0, 0.05) is 17.5 Å². The molecule has 0 radical (unpaired) electrons. The Labute approximate surface area is 153 Å². The van der Waals surface area contributed by atoms with E-state index in [0.29, 0.717) is 24.4 Å². The van der Waals surface area contributed by atoms with Crippen molar-refractivity contribution >= 4 is 5.91 Å². The Morgan fingerprint density at radius 3 is 2.54 bits per heavy atom. The Morgan fingerprint density at radius 1 is 1.15 bits per heavy atom. The molecule has 1 saturated heterocycles. The molecule has 0 bridgehead atoms. The number of hydrogen-bond acceptors (Lipinski definition) is 3. The number of benzene rings is 2. The van der Waals surface area contributed by atoms with E-state index in [9.17, 15) is 14.3 Å². The summed E-state index contributed by atoms with van der Waals surface area (Å²) in [6, 6.07) is 13.2. The summed E-state index contributed by atoms with van der Waals surface area (Å²) >= 11 is 0. The van der Waals surface area contributed by atoms with Crippen molar-refractivity contribution in [1.82, 2.24) is 4.90 Å². The van der Waals surface area contributed by atoms with Gasteiger partial charge in [-0.05, 0) is 42.8 Å². The first kappa shape index (κ1) is 18.4. The number of carbonyl (C=O) groups excluding carboxylic acids is 1. The average Bonchev–Trinajstić information content (AvgIpc) is 2.80. The Bertz CT molecular complexity index is 800. The first-order valence-electron chi connectivity index (χ1n) is 8.67. The molecule has 138 valence electrons. The highest BCUT2D eigenvalue weighted by atomic mass is 19.1. The van der Waals surface area contributed by atoms with Crippen LogP contribution in [0.2, 0.25) is 0 Å². The molecule has 0 unspecified atom stereocenters. The molecule has 1 aliphatic heterocycles. The van der Waals surface area contributed by atoms with E-state index in [2.05, 4.69) is 0 Å². The van der Waals surface area contributed by atoms with Gasteiger partial charge in [0.1, 0.15) is 18.2 Å². The van der Waals surface area contributed by atoms with Crippen molar-refractivity contribution in [3.8, 4) is 5.75 Å². The molecule has 26 heavy (non-hydrogen) atoms. The van der Waals surface area contributed by atoms with Crippen molar-refractivity contribution in [3.63, 3.8) is 0 Å². The van der Waals surface area contributed by atoms with Crippen molar-refractivity contribution in [2.24, 2.45) is 5.41 Å². The van der Waals surface area contributed by atoms with Gasteiger partial charge in [-0.1, -0.05) is 32.0 Å². The monoisotopic (exact) mass is 357 g/mol. The second-order valence-electron chi connectivity index (χ2n) is 7.77. The average molecular weight is 357 g/mol. The van der Waals surface area contributed by atoms with E-state index < -0.39 is 5.60 Å². The van der Waals surface area contributed by atoms with E-state index >= 15 is 0 Å². The molecule has 2 aromatic carbocycles. The number of carbonyl (C=O) groups is 1. The largest absolute Gasteiger partial charge is 0.489 e. The summed E-state index contributed by atoms with van der Waals surface area (Å²) in [5.74, 6) is 0.108. The van der Waals surface area contributed by atoms with E-state index in [1.54, 1.807) is 48.2 Å². The second-order valence-corrected chi connectivity index (χ2v) is 7.77. The standard InChI is InChI=1S/C21H24FNO3/c1-20(2)13-23(14-21(20,3)25)19(24)16-7-5-9-18(11-16)26-12-15-6-4-8-17(22)10-15/h4-11,25H,12-14H2,1-3H3/t21-/m1/s1. The molecule has 1 heterocycles. The number of likely N-dealkylation sites (tertiary alicyclic amines) is 1. The summed E-state index contributed by atoms with van der Waals surface area (Å²) in [5.41, 5.74) is -0.0585. The summed E-state index contributed by atoms with van der Waals surface area (Å²) in [4.78, 5) is 14.5. The predicted molar refractivity (Wildman–Crippen MR) is 97.5 cm³/mol. The van der Waals surface area contributed by atoms with Crippen LogP contribution in [0.5, 0.6) is 5.75 Å². The summed E-state index contributed by atoms with van der Waals surface area (Å²) < 4.78 is 18.9. The molecule has 0 aromatic heterocycles. The quantitative estimate of drug-likeness (QED) is 0.909. The van der Waals surface area contributed by atoms with Crippen LogP contribution in [0.25, 0.3) is 0 Å². The third-order valence-corrected chi connectivity index (χ3v) is 5.21. The lowest BCUT2D eigenvalue weighted by Gasteiger charge is -2.30. The number of hydrogen-bond donors (Lipinski definition) is 1. The number of halogens is 1. The van der Waals surface area contributed by atoms with Crippen molar-refractivity contribution in [2.75, 3.05) is 13.1 Å². The zero-order chi connectivity index (χ0) is 18.9. The maximum atomic E-state index is 13.2. The van der Waals surface area contributed by atoms with Gasteiger partial charge in [0.25, 0.3) is 5.91 Å². The van der Waals surface area contributed by atoms with Crippen LogP contribution in [0.1, 0.15) is 36.7 Å². The SMILES string of the molecule is CC1(C)CN(C(=O)c2cccc(OCc3cccc(F)c3)c2)C[C@@]1(C)O. The minimum absolute atomic E-state index is 0.132. The lowest BCUT2D eigenvalue weighted by molar-refractivity contribution is -0.0108. The summed E-state index contributed by atoms with van der Waals surface area (Å²) in [6.07, 6.45) is 0. The molecule has 4 nitrogen and oxygen atoms in total. The van der Waals surface area contributed by atoms with E-state index in [1.807, 2.05) is 13.8 Å². The van der Waals surface area contributed by atoms with Gasteiger partial charge in [-0.25, -0.2) is 4.39 Å². The minimum Gasteiger partial charge on any atom is -0.489 e. The van der Waals surface area contributed by atoms with Crippen LogP contribution >= 0.6 is 0 Å². The molecular formula is C21H24FNO3. The van der Waals surface area contributed by atoms with Crippen molar-refractivity contribution in [1.29, 1.82) is 0 Å². The zero-order valence-corrected chi connectivity index (χ0v) is 15.3. The first-order valence-corrected chi connectivity index (χ1v) is 8.67. The topological polar surface area (TPSA) is 49.8 Å². The number of aliphatic hydroxyl groups is 1. The fourth-order valence-corrected chi connectivity index (χ4v) is 3.13. The maximum absolute atomic E-state index is 13.2. The van der Waals surface area contributed by atoms with Crippen LogP contribution in [-0.2, 0) is 6.61 Å². The van der Waals surface area contributed by atoms with Gasteiger partial charge in [-0.3, -0.25) is 4.79 Å². The normalized spacial score (nSPS) is 21.7. The fraction of sp³-hybridized carbons (Fsp3) is 0.381. The number of β-amino-alcohol motifs (C(OH)–C–C–N with tert-alkyl or cyclic N) is 1. The van der Waals surface area contributed by atoms with Gasteiger partial charge in [0.15, 0.2) is 0 Å². The molecule has 5 heteroatoms. The molecule has 0 aliphatic carbocycles. The Morgan fingerprint density at radius 2 is 1.88 bits per heavy atom. The molecule has 0 saturated carbocycles. The van der Waals surface area contributed by atoms with Crippen molar-refractivity contribution < 1.29 is 19.0 Å². The molecule has 1 amide bonds. The van der Waals surface area contributed by atoms with Gasteiger partial charge in [0.05, 0.1) is 12.1 Å². The lowest BCUT2D eigenvalue weighted by atomic mass is 9.79. The van der Waals surface area contributed by atoms with Crippen LogP contribution in [0.15, 0.2) is 48.5 Å². The van der Waals surface area contributed by atoms with Crippen molar-refractivity contribution in [2.45, 2.75) is 33.0 Å². The summed E-state index contributed by atoms with van der Waals surface area (Å²) in [6.45, 7) is 6.69. The first-order chi connectivity index (χ1) is 12.2. The Kier molecular flexibility index (Phi) is 4.76. The Hall–Kier alpha value is -2.40. The van der Waals surface area contributed by atoms with E-state index in [4.69, 9.17) is 4.74 Å². The molecule has 0 spiro atoms. The van der Waals surface area contributed by atoms with Gasteiger partial charge < -0.3 is 14.7 Å². The second kappa shape index (κ2) is 6.72. The molecule has 3 rings (SSSR count). The van der Waals surface area contributed by atoms with Gasteiger partial charge in [-0.2, -0.15) is 0 Å². The lowest BCUT2D eigenvalue weighted by Crippen LogP contribution is -2.40. The van der Waals surface area contributed by atoms with Gasteiger partial charge >= 0.3 is 0 Å².